The summed E-state index contributed by atoms with van der Waals surface area (Å²) in [7, 11) is 0. The maximum atomic E-state index is 10.4. The summed E-state index contributed by atoms with van der Waals surface area (Å²) in [6.45, 7) is 0.0731. The highest BCUT2D eigenvalue weighted by Crippen LogP contribution is 2.18. The molecule has 3 N–H and O–H groups in total. The van der Waals surface area contributed by atoms with E-state index < -0.39 is 5.91 Å². The molecule has 0 fully saturated rings. The number of amides is 1. The molecule has 0 saturated heterocycles. The molecule has 0 unspecified atom stereocenters. The van der Waals surface area contributed by atoms with E-state index in [-0.39, 0.29) is 6.54 Å². The molecule has 0 saturated carbocycles. The first-order valence-corrected chi connectivity index (χ1v) is 3.69. The van der Waals surface area contributed by atoms with Gasteiger partial charge in [0.05, 0.1) is 17.3 Å². The van der Waals surface area contributed by atoms with Crippen LogP contribution in [0.4, 0.5) is 5.69 Å². The van der Waals surface area contributed by atoms with Crippen LogP contribution in [0.3, 0.4) is 0 Å². The Bertz CT molecular complexity index is 290. The lowest BCUT2D eigenvalue weighted by Crippen LogP contribution is -2.21. The van der Waals surface area contributed by atoms with E-state index in [1.54, 1.807) is 12.3 Å². The Labute approximate surface area is 74.7 Å². The summed E-state index contributed by atoms with van der Waals surface area (Å²) in [5.74, 6) is -0.428. The Morgan fingerprint density at radius 3 is 3.08 bits per heavy atom. The van der Waals surface area contributed by atoms with Gasteiger partial charge >= 0.3 is 0 Å². The second kappa shape index (κ2) is 3.92. The van der Waals surface area contributed by atoms with Crippen molar-refractivity contribution in [3.8, 4) is 0 Å². The number of primary amides is 1. The topological polar surface area (TPSA) is 68.0 Å². The number of carbonyl (C=O) groups excluding carboxylic acids is 1. The zero-order valence-corrected chi connectivity index (χ0v) is 7.01. The molecular formula is C7H8ClN3O. The largest absolute Gasteiger partial charge is 0.375 e. The minimum absolute atomic E-state index is 0.0731. The first-order valence-electron chi connectivity index (χ1n) is 3.32. The molecule has 0 bridgehead atoms. The first-order chi connectivity index (χ1) is 5.70. The summed E-state index contributed by atoms with van der Waals surface area (Å²) in [6.07, 6.45) is 3.07. The third kappa shape index (κ3) is 2.39. The molecule has 1 amide bonds. The standard InChI is InChI=1S/C7H8ClN3O/c8-5-3-10-2-1-6(5)11-4-7(9)12/h1-3H,4H2,(H2,9,12)(H,10,11). The number of hydrogen-bond donors (Lipinski definition) is 2. The molecule has 0 spiro atoms. The van der Waals surface area contributed by atoms with Gasteiger partial charge in [0.25, 0.3) is 0 Å². The minimum atomic E-state index is -0.428. The zero-order valence-electron chi connectivity index (χ0n) is 6.25. The van der Waals surface area contributed by atoms with Gasteiger partial charge in [0.2, 0.25) is 5.91 Å². The number of nitrogens with one attached hydrogen (secondary N) is 1. The van der Waals surface area contributed by atoms with E-state index in [9.17, 15) is 4.79 Å². The monoisotopic (exact) mass is 185 g/mol. The molecule has 1 heterocycles. The van der Waals surface area contributed by atoms with Crippen LogP contribution in [0.1, 0.15) is 0 Å². The first kappa shape index (κ1) is 8.80. The zero-order chi connectivity index (χ0) is 8.97. The second-order valence-corrected chi connectivity index (χ2v) is 2.58. The van der Waals surface area contributed by atoms with Crippen LogP contribution in [0.25, 0.3) is 0 Å². The number of hydrogen-bond acceptors (Lipinski definition) is 3. The average molecular weight is 186 g/mol. The van der Waals surface area contributed by atoms with Gasteiger partial charge in [-0.15, -0.1) is 0 Å². The molecule has 5 heteroatoms. The SMILES string of the molecule is NC(=O)CNc1ccncc1Cl. The average Bonchev–Trinajstić information content (AvgIpc) is 2.03. The number of rotatable bonds is 3. The van der Waals surface area contributed by atoms with Crippen LogP contribution in [-0.4, -0.2) is 17.4 Å². The molecule has 4 nitrogen and oxygen atoms in total. The van der Waals surface area contributed by atoms with E-state index in [2.05, 4.69) is 10.3 Å². The van der Waals surface area contributed by atoms with Crippen molar-refractivity contribution in [2.75, 3.05) is 11.9 Å². The van der Waals surface area contributed by atoms with Crippen LogP contribution in [0, 0.1) is 0 Å². The number of nitrogens with two attached hydrogens (primary N) is 1. The van der Waals surface area contributed by atoms with Crippen LogP contribution in [0.5, 0.6) is 0 Å². The molecule has 1 aromatic rings. The lowest BCUT2D eigenvalue weighted by atomic mass is 10.4. The van der Waals surface area contributed by atoms with Crippen LogP contribution < -0.4 is 11.1 Å². The molecule has 1 aromatic heterocycles. The molecule has 0 aliphatic heterocycles. The minimum Gasteiger partial charge on any atom is -0.375 e. The molecule has 0 radical (unpaired) electrons. The van der Waals surface area contributed by atoms with Crippen molar-refractivity contribution < 1.29 is 4.79 Å². The molecule has 12 heavy (non-hydrogen) atoms. The van der Waals surface area contributed by atoms with Crippen molar-refractivity contribution in [2.24, 2.45) is 5.73 Å². The van der Waals surface area contributed by atoms with Crippen molar-refractivity contribution in [1.29, 1.82) is 0 Å². The van der Waals surface area contributed by atoms with E-state index in [0.29, 0.717) is 10.7 Å². The smallest absolute Gasteiger partial charge is 0.236 e. The van der Waals surface area contributed by atoms with E-state index >= 15 is 0 Å². The molecular weight excluding hydrogens is 178 g/mol. The number of anilines is 1. The van der Waals surface area contributed by atoms with E-state index in [4.69, 9.17) is 17.3 Å². The Balaban J connectivity index is 2.63. The fourth-order valence-electron chi connectivity index (χ4n) is 0.701. The molecule has 0 aliphatic rings. The predicted octanol–water partition coefficient (Wildman–Crippen LogP) is 0.632. The third-order valence-electron chi connectivity index (χ3n) is 1.23. The highest BCUT2D eigenvalue weighted by atomic mass is 35.5. The summed E-state index contributed by atoms with van der Waals surface area (Å²) in [4.78, 5) is 14.2. The van der Waals surface area contributed by atoms with Crippen LogP contribution >= 0.6 is 11.6 Å². The number of pyridine rings is 1. The number of aromatic nitrogens is 1. The lowest BCUT2D eigenvalue weighted by Gasteiger charge is -2.03. The van der Waals surface area contributed by atoms with Gasteiger partial charge in [0.1, 0.15) is 0 Å². The van der Waals surface area contributed by atoms with Gasteiger partial charge in [-0.1, -0.05) is 11.6 Å². The maximum Gasteiger partial charge on any atom is 0.236 e. The third-order valence-corrected chi connectivity index (χ3v) is 1.53. The van der Waals surface area contributed by atoms with Crippen molar-refractivity contribution in [3.05, 3.63) is 23.5 Å². The van der Waals surface area contributed by atoms with Gasteiger partial charge in [0.15, 0.2) is 0 Å². The summed E-state index contributed by atoms with van der Waals surface area (Å²) in [5.41, 5.74) is 5.59. The normalized spacial score (nSPS) is 9.42. The molecule has 0 atom stereocenters. The number of nitrogens with zero attached hydrogens (tertiary/aromatic N) is 1. The fraction of sp³-hybridized carbons (Fsp3) is 0.143. The van der Waals surface area contributed by atoms with Crippen LogP contribution in [-0.2, 0) is 4.79 Å². The fourth-order valence-corrected chi connectivity index (χ4v) is 0.887. The van der Waals surface area contributed by atoms with Gasteiger partial charge in [-0.25, -0.2) is 0 Å². The number of carbonyl (C=O) groups is 1. The van der Waals surface area contributed by atoms with E-state index in [1.165, 1.54) is 6.20 Å². The molecule has 0 aromatic carbocycles. The summed E-state index contributed by atoms with van der Waals surface area (Å²) >= 11 is 5.73. The van der Waals surface area contributed by atoms with Gasteiger partial charge in [-0.2, -0.15) is 0 Å². The van der Waals surface area contributed by atoms with Crippen LogP contribution in [0.15, 0.2) is 18.5 Å². The Hall–Kier alpha value is -1.29. The van der Waals surface area contributed by atoms with Crippen molar-refractivity contribution in [3.63, 3.8) is 0 Å². The Morgan fingerprint density at radius 1 is 1.75 bits per heavy atom. The van der Waals surface area contributed by atoms with E-state index in [1.807, 2.05) is 0 Å². The summed E-state index contributed by atoms with van der Waals surface area (Å²) in [6, 6.07) is 1.67. The van der Waals surface area contributed by atoms with Crippen LogP contribution in [0.2, 0.25) is 5.02 Å². The number of halogens is 1. The molecule has 1 rings (SSSR count). The molecule has 64 valence electrons. The van der Waals surface area contributed by atoms with Gasteiger partial charge in [-0.3, -0.25) is 9.78 Å². The second-order valence-electron chi connectivity index (χ2n) is 2.18. The highest BCUT2D eigenvalue weighted by molar-refractivity contribution is 6.33. The van der Waals surface area contributed by atoms with Crippen molar-refractivity contribution in [1.82, 2.24) is 4.98 Å². The predicted molar refractivity (Wildman–Crippen MR) is 46.9 cm³/mol. The highest BCUT2D eigenvalue weighted by Gasteiger charge is 1.99. The van der Waals surface area contributed by atoms with Crippen molar-refractivity contribution in [2.45, 2.75) is 0 Å². The quantitative estimate of drug-likeness (QED) is 0.726. The lowest BCUT2D eigenvalue weighted by molar-refractivity contribution is -0.116. The Kier molecular flexibility index (Phi) is 2.88. The summed E-state index contributed by atoms with van der Waals surface area (Å²) < 4.78 is 0. The van der Waals surface area contributed by atoms with Gasteiger partial charge in [-0.05, 0) is 6.07 Å². The molecule has 0 aliphatic carbocycles. The summed E-state index contributed by atoms with van der Waals surface area (Å²) in [5, 5.41) is 3.24. The van der Waals surface area contributed by atoms with Crippen molar-refractivity contribution >= 4 is 23.2 Å². The van der Waals surface area contributed by atoms with Gasteiger partial charge < -0.3 is 11.1 Å². The van der Waals surface area contributed by atoms with E-state index in [0.717, 1.165) is 0 Å². The maximum absolute atomic E-state index is 10.4. The van der Waals surface area contributed by atoms with Gasteiger partial charge in [0, 0.05) is 12.4 Å². The Morgan fingerprint density at radius 2 is 2.50 bits per heavy atom.